The molecule has 112 valence electrons. The molecule has 0 aliphatic carbocycles. The van der Waals surface area contributed by atoms with Gasteiger partial charge in [0.15, 0.2) is 0 Å². The first kappa shape index (κ1) is 14.0. The Hall–Kier alpha value is -0.910. The molecule has 0 aromatic carbocycles. The highest BCUT2D eigenvalue weighted by Crippen LogP contribution is 2.15. The molecule has 0 spiro atoms. The summed E-state index contributed by atoms with van der Waals surface area (Å²) >= 11 is 0. The van der Waals surface area contributed by atoms with Crippen LogP contribution in [0.3, 0.4) is 0 Å². The van der Waals surface area contributed by atoms with Gasteiger partial charge in [0.05, 0.1) is 5.69 Å². The van der Waals surface area contributed by atoms with Crippen LogP contribution < -0.4 is 16.2 Å². The normalized spacial score (nSPS) is 29.6. The number of nitrogens with one attached hydrogen (secondary N) is 3. The fraction of sp³-hybridized carbons (Fsp3) is 0.800. The number of imidazole rings is 1. The van der Waals surface area contributed by atoms with Crippen LogP contribution in [0.2, 0.25) is 0 Å². The average Bonchev–Trinajstić information content (AvgIpc) is 2.99. The second kappa shape index (κ2) is 6.24. The monoisotopic (exact) mass is 277 g/mol. The Morgan fingerprint density at radius 1 is 1.30 bits per heavy atom. The third-order valence-electron chi connectivity index (χ3n) is 4.72. The smallest absolute Gasteiger partial charge is 0.108 e. The molecule has 20 heavy (non-hydrogen) atoms. The summed E-state index contributed by atoms with van der Waals surface area (Å²) in [6, 6.07) is 1.08. The number of fused-ring (bicyclic) bond motifs is 1. The van der Waals surface area contributed by atoms with E-state index in [0.717, 1.165) is 32.5 Å². The third kappa shape index (κ3) is 3.05. The number of rotatable bonds is 5. The molecule has 3 N–H and O–H groups in total. The van der Waals surface area contributed by atoms with Gasteiger partial charge in [-0.25, -0.2) is 4.98 Å². The number of hydrazine groups is 1. The van der Waals surface area contributed by atoms with E-state index in [9.17, 15) is 0 Å². The molecule has 0 radical (unpaired) electrons. The second-order valence-corrected chi connectivity index (χ2v) is 6.28. The standard InChI is InChI=1S/C15H27N5/c1-11-14(12(2)19-18-11)9-16-7-6-13-10-20-8-4-3-5-15(20)17-13/h10-12,14,16,18-19H,3-9H2,1-2H3. The molecule has 5 nitrogen and oxygen atoms in total. The maximum atomic E-state index is 4.75. The highest BCUT2D eigenvalue weighted by atomic mass is 15.4. The van der Waals surface area contributed by atoms with E-state index in [2.05, 4.69) is 40.8 Å². The first-order chi connectivity index (χ1) is 9.74. The Morgan fingerprint density at radius 2 is 2.10 bits per heavy atom. The van der Waals surface area contributed by atoms with Crippen LogP contribution in [0.4, 0.5) is 0 Å². The van der Waals surface area contributed by atoms with Crippen molar-refractivity contribution in [2.45, 2.75) is 58.2 Å². The van der Waals surface area contributed by atoms with Gasteiger partial charge in [0, 0.05) is 56.7 Å². The lowest BCUT2D eigenvalue weighted by atomic mass is 9.97. The molecule has 1 fully saturated rings. The van der Waals surface area contributed by atoms with Gasteiger partial charge >= 0.3 is 0 Å². The lowest BCUT2D eigenvalue weighted by molar-refractivity contribution is 0.413. The zero-order chi connectivity index (χ0) is 13.9. The van der Waals surface area contributed by atoms with Crippen LogP contribution >= 0.6 is 0 Å². The van der Waals surface area contributed by atoms with Crippen LogP contribution in [0.1, 0.15) is 38.2 Å². The van der Waals surface area contributed by atoms with Gasteiger partial charge in [0.1, 0.15) is 5.82 Å². The van der Waals surface area contributed by atoms with Gasteiger partial charge in [-0.3, -0.25) is 10.9 Å². The summed E-state index contributed by atoms with van der Waals surface area (Å²) in [7, 11) is 0. The second-order valence-electron chi connectivity index (χ2n) is 6.28. The van der Waals surface area contributed by atoms with Crippen molar-refractivity contribution >= 4 is 0 Å². The maximum absolute atomic E-state index is 4.75. The Balaban J connectivity index is 1.42. The van der Waals surface area contributed by atoms with Crippen molar-refractivity contribution in [3.05, 3.63) is 17.7 Å². The fourth-order valence-corrected chi connectivity index (χ4v) is 3.34. The highest BCUT2D eigenvalue weighted by Gasteiger charge is 2.28. The molecule has 1 saturated heterocycles. The minimum atomic E-state index is 0.539. The predicted octanol–water partition coefficient (Wildman–Crippen LogP) is 0.853. The maximum Gasteiger partial charge on any atom is 0.108 e. The molecule has 2 aliphatic rings. The number of nitrogens with zero attached hydrogens (tertiary/aromatic N) is 2. The SMILES string of the molecule is CC1NNC(C)C1CNCCc1cn2c(n1)CCCC2. The van der Waals surface area contributed by atoms with Gasteiger partial charge in [-0.2, -0.15) is 0 Å². The van der Waals surface area contributed by atoms with Gasteiger partial charge in [-0.1, -0.05) is 0 Å². The summed E-state index contributed by atoms with van der Waals surface area (Å²) in [5.74, 6) is 1.95. The van der Waals surface area contributed by atoms with Gasteiger partial charge < -0.3 is 9.88 Å². The van der Waals surface area contributed by atoms with Crippen molar-refractivity contribution in [3.63, 3.8) is 0 Å². The minimum Gasteiger partial charge on any atom is -0.335 e. The molecule has 5 heteroatoms. The molecule has 2 aliphatic heterocycles. The van der Waals surface area contributed by atoms with Gasteiger partial charge in [0.25, 0.3) is 0 Å². The molecule has 0 amide bonds. The van der Waals surface area contributed by atoms with Crippen LogP contribution in [0.25, 0.3) is 0 Å². The molecule has 1 aromatic rings. The first-order valence-electron chi connectivity index (χ1n) is 8.01. The topological polar surface area (TPSA) is 53.9 Å². The van der Waals surface area contributed by atoms with Gasteiger partial charge in [-0.15, -0.1) is 0 Å². The Bertz CT molecular complexity index is 408. The number of aromatic nitrogens is 2. The zero-order valence-corrected chi connectivity index (χ0v) is 12.7. The molecule has 0 bridgehead atoms. The minimum absolute atomic E-state index is 0.539. The third-order valence-corrected chi connectivity index (χ3v) is 4.72. The van der Waals surface area contributed by atoms with Gasteiger partial charge in [0.2, 0.25) is 0 Å². The van der Waals surface area contributed by atoms with Crippen molar-refractivity contribution in [2.24, 2.45) is 5.92 Å². The summed E-state index contributed by atoms with van der Waals surface area (Å²) < 4.78 is 2.34. The lowest BCUT2D eigenvalue weighted by Gasteiger charge is -2.18. The first-order valence-corrected chi connectivity index (χ1v) is 8.01. The molecular weight excluding hydrogens is 250 g/mol. The van der Waals surface area contributed by atoms with Crippen LogP contribution in [-0.2, 0) is 19.4 Å². The van der Waals surface area contributed by atoms with E-state index in [1.807, 2.05) is 0 Å². The molecule has 1 aromatic heterocycles. The zero-order valence-electron chi connectivity index (χ0n) is 12.7. The highest BCUT2D eigenvalue weighted by molar-refractivity contribution is 5.06. The Labute approximate surface area is 121 Å². The summed E-state index contributed by atoms with van der Waals surface area (Å²) in [4.78, 5) is 4.75. The van der Waals surface area contributed by atoms with E-state index in [-0.39, 0.29) is 0 Å². The summed E-state index contributed by atoms with van der Waals surface area (Å²) in [5, 5.41) is 3.59. The predicted molar refractivity (Wildman–Crippen MR) is 80.4 cm³/mol. The largest absolute Gasteiger partial charge is 0.335 e. The van der Waals surface area contributed by atoms with Crippen molar-refractivity contribution in [2.75, 3.05) is 13.1 Å². The fourth-order valence-electron chi connectivity index (χ4n) is 3.34. The molecule has 3 heterocycles. The molecule has 3 rings (SSSR count). The number of hydrogen-bond donors (Lipinski definition) is 3. The molecular formula is C15H27N5. The van der Waals surface area contributed by atoms with E-state index < -0.39 is 0 Å². The summed E-state index contributed by atoms with van der Waals surface area (Å²) in [6.07, 6.45) is 7.04. The quantitative estimate of drug-likeness (QED) is 0.699. The van der Waals surface area contributed by atoms with Crippen LogP contribution in [0.15, 0.2) is 6.20 Å². The Kier molecular flexibility index (Phi) is 4.38. The number of aryl methyl sites for hydroxylation is 2. The molecule has 0 saturated carbocycles. The van der Waals surface area contributed by atoms with E-state index in [0.29, 0.717) is 18.0 Å². The number of hydrogen-bond acceptors (Lipinski definition) is 4. The van der Waals surface area contributed by atoms with E-state index in [4.69, 9.17) is 4.98 Å². The summed E-state index contributed by atoms with van der Waals surface area (Å²) in [6.45, 7) is 7.73. The van der Waals surface area contributed by atoms with Crippen molar-refractivity contribution < 1.29 is 0 Å². The van der Waals surface area contributed by atoms with Crippen molar-refractivity contribution in [1.29, 1.82) is 0 Å². The van der Waals surface area contributed by atoms with Crippen molar-refractivity contribution in [1.82, 2.24) is 25.7 Å². The molecule has 2 unspecified atom stereocenters. The van der Waals surface area contributed by atoms with E-state index >= 15 is 0 Å². The molecule has 2 atom stereocenters. The van der Waals surface area contributed by atoms with Crippen LogP contribution in [0, 0.1) is 5.92 Å². The summed E-state index contributed by atoms with van der Waals surface area (Å²) in [5.41, 5.74) is 7.86. The lowest BCUT2D eigenvalue weighted by Crippen LogP contribution is -2.35. The van der Waals surface area contributed by atoms with E-state index in [1.165, 1.54) is 24.4 Å². The Morgan fingerprint density at radius 3 is 2.85 bits per heavy atom. The van der Waals surface area contributed by atoms with Crippen LogP contribution in [0.5, 0.6) is 0 Å². The van der Waals surface area contributed by atoms with E-state index in [1.54, 1.807) is 0 Å². The van der Waals surface area contributed by atoms with Gasteiger partial charge in [-0.05, 0) is 26.7 Å². The average molecular weight is 277 g/mol. The van der Waals surface area contributed by atoms with Crippen molar-refractivity contribution in [3.8, 4) is 0 Å². The van der Waals surface area contributed by atoms with Crippen LogP contribution in [-0.4, -0.2) is 34.7 Å².